The molecule has 1 amide bonds. The standard InChI is InChI=1S/C20H26BrN3OS/c1-15-3-5-17(6-4-15)13-22-20(25)16(2)24-11-9-23(10-12-24)14-18-7-8-19(21)26-18/h3-8,16H,9-14H2,1-2H3,(H,22,25). The van der Waals surface area contributed by atoms with Crippen LogP contribution in [0.15, 0.2) is 40.2 Å². The molecule has 0 spiro atoms. The molecule has 3 rings (SSSR count). The molecule has 1 aliphatic rings. The van der Waals surface area contributed by atoms with Gasteiger partial charge in [0.1, 0.15) is 0 Å². The fourth-order valence-electron chi connectivity index (χ4n) is 3.17. The van der Waals surface area contributed by atoms with E-state index in [2.05, 4.69) is 74.4 Å². The molecule has 2 heterocycles. The van der Waals surface area contributed by atoms with Gasteiger partial charge in [-0.3, -0.25) is 14.6 Å². The molecule has 140 valence electrons. The van der Waals surface area contributed by atoms with Crippen LogP contribution in [0.1, 0.15) is 22.9 Å². The number of carbonyl (C=O) groups excluding carboxylic acids is 1. The maximum atomic E-state index is 12.5. The molecule has 1 unspecified atom stereocenters. The van der Waals surface area contributed by atoms with Crippen LogP contribution in [0.4, 0.5) is 0 Å². The van der Waals surface area contributed by atoms with Crippen molar-refractivity contribution in [3.05, 3.63) is 56.2 Å². The number of nitrogens with zero attached hydrogens (tertiary/aromatic N) is 2. The summed E-state index contributed by atoms with van der Waals surface area (Å²) in [6.07, 6.45) is 0. The van der Waals surface area contributed by atoms with E-state index in [4.69, 9.17) is 0 Å². The van der Waals surface area contributed by atoms with Crippen LogP contribution in [-0.4, -0.2) is 47.9 Å². The Labute approximate surface area is 168 Å². The molecule has 1 aliphatic heterocycles. The lowest BCUT2D eigenvalue weighted by Gasteiger charge is -2.37. The predicted molar refractivity (Wildman–Crippen MR) is 111 cm³/mol. The van der Waals surface area contributed by atoms with E-state index in [-0.39, 0.29) is 11.9 Å². The van der Waals surface area contributed by atoms with Crippen LogP contribution >= 0.6 is 27.3 Å². The summed E-state index contributed by atoms with van der Waals surface area (Å²) in [5, 5.41) is 3.07. The van der Waals surface area contributed by atoms with Crippen molar-refractivity contribution in [1.82, 2.24) is 15.1 Å². The normalized spacial score (nSPS) is 17.2. The van der Waals surface area contributed by atoms with Gasteiger partial charge in [-0.1, -0.05) is 29.8 Å². The van der Waals surface area contributed by atoms with Crippen molar-refractivity contribution in [2.75, 3.05) is 26.2 Å². The first kappa shape index (κ1) is 19.5. The number of amides is 1. The lowest BCUT2D eigenvalue weighted by molar-refractivity contribution is -0.126. The van der Waals surface area contributed by atoms with Gasteiger partial charge in [-0.05, 0) is 47.5 Å². The van der Waals surface area contributed by atoms with Crippen molar-refractivity contribution >= 4 is 33.2 Å². The van der Waals surface area contributed by atoms with Crippen molar-refractivity contribution < 1.29 is 4.79 Å². The molecule has 1 fully saturated rings. The van der Waals surface area contributed by atoms with E-state index in [0.29, 0.717) is 6.54 Å². The van der Waals surface area contributed by atoms with Crippen LogP contribution in [0, 0.1) is 6.92 Å². The minimum Gasteiger partial charge on any atom is -0.351 e. The molecule has 0 radical (unpaired) electrons. The van der Waals surface area contributed by atoms with Gasteiger partial charge in [0.05, 0.1) is 9.83 Å². The van der Waals surface area contributed by atoms with Gasteiger partial charge in [0, 0.05) is 44.1 Å². The fourth-order valence-corrected chi connectivity index (χ4v) is 4.70. The summed E-state index contributed by atoms with van der Waals surface area (Å²) in [7, 11) is 0. The number of thiophene rings is 1. The average molecular weight is 436 g/mol. The Morgan fingerprint density at radius 1 is 1.15 bits per heavy atom. The molecule has 1 atom stereocenters. The molecule has 1 saturated heterocycles. The van der Waals surface area contributed by atoms with Crippen molar-refractivity contribution in [1.29, 1.82) is 0 Å². The first-order valence-corrected chi connectivity index (χ1v) is 10.7. The number of nitrogens with one attached hydrogen (secondary N) is 1. The maximum absolute atomic E-state index is 12.5. The summed E-state index contributed by atoms with van der Waals surface area (Å²) in [6, 6.07) is 12.5. The van der Waals surface area contributed by atoms with E-state index in [0.717, 1.165) is 38.3 Å². The van der Waals surface area contributed by atoms with Crippen molar-refractivity contribution in [2.24, 2.45) is 0 Å². The number of aryl methyl sites for hydroxylation is 1. The van der Waals surface area contributed by atoms with Crippen molar-refractivity contribution in [3.8, 4) is 0 Å². The Balaban J connectivity index is 1.42. The van der Waals surface area contributed by atoms with Crippen LogP contribution in [-0.2, 0) is 17.9 Å². The first-order valence-electron chi connectivity index (χ1n) is 9.05. The van der Waals surface area contributed by atoms with E-state index in [1.165, 1.54) is 14.2 Å². The maximum Gasteiger partial charge on any atom is 0.237 e. The number of rotatable bonds is 6. The Bertz CT molecular complexity index is 723. The molecule has 26 heavy (non-hydrogen) atoms. The second-order valence-electron chi connectivity index (χ2n) is 6.90. The lowest BCUT2D eigenvalue weighted by atomic mass is 10.1. The zero-order chi connectivity index (χ0) is 18.5. The Morgan fingerprint density at radius 2 is 1.85 bits per heavy atom. The van der Waals surface area contributed by atoms with Crippen molar-refractivity contribution in [3.63, 3.8) is 0 Å². The molecule has 1 aromatic carbocycles. The van der Waals surface area contributed by atoms with Gasteiger partial charge in [-0.2, -0.15) is 0 Å². The van der Waals surface area contributed by atoms with Crippen LogP contribution in [0.3, 0.4) is 0 Å². The monoisotopic (exact) mass is 435 g/mol. The summed E-state index contributed by atoms with van der Waals surface area (Å²) in [6.45, 7) is 9.56. The van der Waals surface area contributed by atoms with Gasteiger partial charge in [0.2, 0.25) is 5.91 Å². The predicted octanol–water partition coefficient (Wildman–Crippen LogP) is 3.64. The summed E-state index contributed by atoms with van der Waals surface area (Å²) in [5.74, 6) is 0.112. The molecular weight excluding hydrogens is 410 g/mol. The van der Waals surface area contributed by atoms with Crippen LogP contribution < -0.4 is 5.32 Å². The Kier molecular flexibility index (Phi) is 6.86. The zero-order valence-corrected chi connectivity index (χ0v) is 17.8. The summed E-state index contributed by atoms with van der Waals surface area (Å²) in [4.78, 5) is 18.6. The number of hydrogen-bond donors (Lipinski definition) is 1. The number of piperazine rings is 1. The summed E-state index contributed by atoms with van der Waals surface area (Å²) < 4.78 is 1.19. The third-order valence-electron chi connectivity index (χ3n) is 4.93. The summed E-state index contributed by atoms with van der Waals surface area (Å²) >= 11 is 5.32. The van der Waals surface area contributed by atoms with Gasteiger partial charge >= 0.3 is 0 Å². The molecule has 1 N–H and O–H groups in total. The number of hydrogen-bond acceptors (Lipinski definition) is 4. The van der Waals surface area contributed by atoms with E-state index in [1.54, 1.807) is 11.3 Å². The summed E-state index contributed by atoms with van der Waals surface area (Å²) in [5.41, 5.74) is 2.38. The number of benzene rings is 1. The van der Waals surface area contributed by atoms with Crippen LogP contribution in [0.2, 0.25) is 0 Å². The van der Waals surface area contributed by atoms with Crippen molar-refractivity contribution in [2.45, 2.75) is 33.0 Å². The Morgan fingerprint density at radius 3 is 2.46 bits per heavy atom. The highest BCUT2D eigenvalue weighted by Gasteiger charge is 2.25. The van der Waals surface area contributed by atoms with Gasteiger partial charge < -0.3 is 5.32 Å². The minimum atomic E-state index is -0.0847. The Hall–Kier alpha value is -1.21. The molecule has 0 aliphatic carbocycles. The molecule has 4 nitrogen and oxygen atoms in total. The molecule has 2 aromatic rings. The zero-order valence-electron chi connectivity index (χ0n) is 15.4. The van der Waals surface area contributed by atoms with Gasteiger partial charge in [0.15, 0.2) is 0 Å². The first-order chi connectivity index (χ1) is 12.5. The van der Waals surface area contributed by atoms with E-state index >= 15 is 0 Å². The highest BCUT2D eigenvalue weighted by molar-refractivity contribution is 9.11. The van der Waals surface area contributed by atoms with E-state index in [1.807, 2.05) is 6.92 Å². The highest BCUT2D eigenvalue weighted by Crippen LogP contribution is 2.23. The SMILES string of the molecule is Cc1ccc(CNC(=O)C(C)N2CCN(Cc3ccc(Br)s3)CC2)cc1. The quantitative estimate of drug-likeness (QED) is 0.751. The van der Waals surface area contributed by atoms with E-state index < -0.39 is 0 Å². The number of carbonyl (C=O) groups is 1. The highest BCUT2D eigenvalue weighted by atomic mass is 79.9. The van der Waals surface area contributed by atoms with Crippen LogP contribution in [0.5, 0.6) is 0 Å². The third-order valence-corrected chi connectivity index (χ3v) is 6.54. The molecule has 0 bridgehead atoms. The largest absolute Gasteiger partial charge is 0.351 e. The average Bonchev–Trinajstić information content (AvgIpc) is 3.06. The van der Waals surface area contributed by atoms with E-state index in [9.17, 15) is 4.79 Å². The molecular formula is C20H26BrN3OS. The minimum absolute atomic E-state index is 0.0847. The lowest BCUT2D eigenvalue weighted by Crippen LogP contribution is -2.53. The fraction of sp³-hybridized carbons (Fsp3) is 0.450. The van der Waals surface area contributed by atoms with Gasteiger partial charge in [-0.15, -0.1) is 11.3 Å². The second kappa shape index (κ2) is 9.13. The van der Waals surface area contributed by atoms with Crippen LogP contribution in [0.25, 0.3) is 0 Å². The second-order valence-corrected chi connectivity index (χ2v) is 9.44. The number of halogens is 1. The topological polar surface area (TPSA) is 35.6 Å². The third kappa shape index (κ3) is 5.39. The smallest absolute Gasteiger partial charge is 0.237 e. The molecule has 6 heteroatoms. The molecule has 1 aromatic heterocycles. The van der Waals surface area contributed by atoms with Gasteiger partial charge in [-0.25, -0.2) is 0 Å². The van der Waals surface area contributed by atoms with Gasteiger partial charge in [0.25, 0.3) is 0 Å². The molecule has 0 saturated carbocycles.